The van der Waals surface area contributed by atoms with E-state index in [1.165, 1.54) is 10.4 Å². The van der Waals surface area contributed by atoms with Gasteiger partial charge in [-0.25, -0.2) is 0 Å². The molecule has 14 heavy (non-hydrogen) atoms. The van der Waals surface area contributed by atoms with Crippen LogP contribution in [0.4, 0.5) is 0 Å². The maximum Gasteiger partial charge on any atom is 0.0989 e. The zero-order valence-electron chi connectivity index (χ0n) is 8.69. The quantitative estimate of drug-likeness (QED) is 0.815. The van der Waals surface area contributed by atoms with E-state index in [0.29, 0.717) is 5.92 Å². The Morgan fingerprint density at radius 1 is 1.57 bits per heavy atom. The Hall–Kier alpha value is -0.380. The molecule has 0 aromatic carbocycles. The summed E-state index contributed by atoms with van der Waals surface area (Å²) in [7, 11) is 0. The molecule has 0 radical (unpaired) electrons. The normalized spacial score (nSPS) is 23.6. The molecule has 0 amide bonds. The summed E-state index contributed by atoms with van der Waals surface area (Å²) in [5.74, 6) is 0.464. The maximum absolute atomic E-state index is 6.14. The first-order valence-corrected chi connectivity index (χ1v) is 6.01. The number of fused-ring (bicyclic) bond motifs is 1. The van der Waals surface area contributed by atoms with Gasteiger partial charge in [-0.2, -0.15) is 0 Å². The zero-order valence-corrected chi connectivity index (χ0v) is 9.51. The fourth-order valence-corrected chi connectivity index (χ4v) is 2.74. The van der Waals surface area contributed by atoms with E-state index in [0.717, 1.165) is 13.0 Å². The van der Waals surface area contributed by atoms with E-state index in [1.807, 2.05) is 11.3 Å². The van der Waals surface area contributed by atoms with Crippen molar-refractivity contribution in [2.24, 2.45) is 11.7 Å². The van der Waals surface area contributed by atoms with Gasteiger partial charge in [-0.1, -0.05) is 13.8 Å². The van der Waals surface area contributed by atoms with Gasteiger partial charge in [0.2, 0.25) is 0 Å². The third-order valence-corrected chi connectivity index (χ3v) is 3.83. The van der Waals surface area contributed by atoms with Crippen LogP contribution in [0, 0.1) is 5.92 Å². The molecule has 0 fully saturated rings. The van der Waals surface area contributed by atoms with Crippen LogP contribution in [0.5, 0.6) is 0 Å². The number of nitrogens with two attached hydrogens (primary N) is 1. The summed E-state index contributed by atoms with van der Waals surface area (Å²) in [4.78, 5) is 1.46. The Labute approximate surface area is 89.1 Å². The molecule has 0 bridgehead atoms. The van der Waals surface area contributed by atoms with Crippen molar-refractivity contribution in [2.75, 3.05) is 6.61 Å². The van der Waals surface area contributed by atoms with Gasteiger partial charge in [-0.15, -0.1) is 11.3 Å². The molecule has 0 saturated heterocycles. The van der Waals surface area contributed by atoms with Crippen LogP contribution in [-0.2, 0) is 11.2 Å². The lowest BCUT2D eigenvalue weighted by molar-refractivity contribution is 0.0155. The van der Waals surface area contributed by atoms with Crippen LogP contribution in [0.3, 0.4) is 0 Å². The molecule has 2 N–H and O–H groups in total. The van der Waals surface area contributed by atoms with Gasteiger partial charge in [0.05, 0.1) is 12.7 Å². The smallest absolute Gasteiger partial charge is 0.0989 e. The summed E-state index contributed by atoms with van der Waals surface area (Å²) in [5.41, 5.74) is 7.47. The molecule has 1 aliphatic heterocycles. The number of ether oxygens (including phenoxy) is 1. The SMILES string of the molecule is CC(C)C(N)C1OCCc2sccc21. The van der Waals surface area contributed by atoms with Crippen molar-refractivity contribution in [1.82, 2.24) is 0 Å². The second kappa shape index (κ2) is 4.01. The van der Waals surface area contributed by atoms with Crippen molar-refractivity contribution in [1.29, 1.82) is 0 Å². The van der Waals surface area contributed by atoms with Crippen LogP contribution in [0.15, 0.2) is 11.4 Å². The molecule has 2 heterocycles. The first-order valence-electron chi connectivity index (χ1n) is 5.13. The van der Waals surface area contributed by atoms with E-state index in [2.05, 4.69) is 25.3 Å². The minimum Gasteiger partial charge on any atom is -0.371 e. The summed E-state index contributed by atoms with van der Waals surface area (Å²) >= 11 is 1.82. The van der Waals surface area contributed by atoms with E-state index in [9.17, 15) is 0 Å². The van der Waals surface area contributed by atoms with Gasteiger partial charge in [0.1, 0.15) is 0 Å². The molecule has 78 valence electrons. The minimum absolute atomic E-state index is 0.114. The Morgan fingerprint density at radius 3 is 3.07 bits per heavy atom. The van der Waals surface area contributed by atoms with E-state index < -0.39 is 0 Å². The first-order chi connectivity index (χ1) is 6.70. The highest BCUT2D eigenvalue weighted by Crippen LogP contribution is 2.34. The third kappa shape index (κ3) is 1.72. The molecule has 2 atom stereocenters. The number of rotatable bonds is 2. The zero-order chi connectivity index (χ0) is 10.1. The molecule has 1 aromatic heterocycles. The molecule has 2 unspecified atom stereocenters. The topological polar surface area (TPSA) is 35.2 Å². The van der Waals surface area contributed by atoms with Gasteiger partial charge < -0.3 is 10.5 Å². The van der Waals surface area contributed by atoms with Crippen LogP contribution in [0.1, 0.15) is 30.4 Å². The van der Waals surface area contributed by atoms with Crippen molar-refractivity contribution >= 4 is 11.3 Å². The average Bonchev–Trinajstić information content (AvgIpc) is 2.63. The van der Waals surface area contributed by atoms with Gasteiger partial charge in [-0.3, -0.25) is 0 Å². The van der Waals surface area contributed by atoms with Gasteiger partial charge in [0, 0.05) is 17.3 Å². The van der Waals surface area contributed by atoms with Crippen LogP contribution >= 0.6 is 11.3 Å². The largest absolute Gasteiger partial charge is 0.371 e. The van der Waals surface area contributed by atoms with Gasteiger partial charge in [0.15, 0.2) is 0 Å². The molecular weight excluding hydrogens is 194 g/mol. The molecule has 1 aliphatic rings. The van der Waals surface area contributed by atoms with Crippen molar-refractivity contribution < 1.29 is 4.74 Å². The summed E-state index contributed by atoms with van der Waals surface area (Å²) in [6.07, 6.45) is 1.17. The predicted octanol–water partition coefficient (Wildman–Crippen LogP) is 2.35. The molecule has 2 rings (SSSR count). The minimum atomic E-state index is 0.114. The fraction of sp³-hybridized carbons (Fsp3) is 0.636. The molecule has 3 heteroatoms. The van der Waals surface area contributed by atoms with Gasteiger partial charge in [-0.05, 0) is 22.9 Å². The fourth-order valence-electron chi connectivity index (χ4n) is 1.84. The van der Waals surface area contributed by atoms with Gasteiger partial charge in [0.25, 0.3) is 0 Å². The highest BCUT2D eigenvalue weighted by Gasteiger charge is 2.28. The standard InChI is InChI=1S/C11H17NOS/c1-7(2)10(12)11-8-4-6-14-9(8)3-5-13-11/h4,6-7,10-11H,3,5,12H2,1-2H3. The third-order valence-electron chi connectivity index (χ3n) is 2.83. The molecule has 0 spiro atoms. The molecular formula is C11H17NOS. The summed E-state index contributed by atoms with van der Waals surface area (Å²) in [6.45, 7) is 5.11. The number of hydrogen-bond acceptors (Lipinski definition) is 3. The van der Waals surface area contributed by atoms with Gasteiger partial charge >= 0.3 is 0 Å². The summed E-state index contributed by atoms with van der Waals surface area (Å²) in [6, 6.07) is 2.27. The Kier molecular flexibility index (Phi) is 2.91. The highest BCUT2D eigenvalue weighted by atomic mass is 32.1. The van der Waals surface area contributed by atoms with E-state index >= 15 is 0 Å². The lowest BCUT2D eigenvalue weighted by Crippen LogP contribution is -2.37. The molecule has 0 saturated carbocycles. The lowest BCUT2D eigenvalue weighted by Gasteiger charge is -2.30. The van der Waals surface area contributed by atoms with Crippen LogP contribution in [-0.4, -0.2) is 12.6 Å². The van der Waals surface area contributed by atoms with E-state index in [4.69, 9.17) is 10.5 Å². The molecule has 0 aliphatic carbocycles. The molecule has 1 aromatic rings. The van der Waals surface area contributed by atoms with E-state index in [-0.39, 0.29) is 12.1 Å². The Morgan fingerprint density at radius 2 is 2.36 bits per heavy atom. The number of thiophene rings is 1. The number of hydrogen-bond donors (Lipinski definition) is 1. The monoisotopic (exact) mass is 211 g/mol. The highest BCUT2D eigenvalue weighted by molar-refractivity contribution is 7.10. The predicted molar refractivity (Wildman–Crippen MR) is 59.5 cm³/mol. The van der Waals surface area contributed by atoms with Crippen LogP contribution in [0.25, 0.3) is 0 Å². The second-order valence-electron chi connectivity index (χ2n) is 4.16. The Balaban J connectivity index is 2.23. The first kappa shape index (κ1) is 10.1. The Bertz CT molecular complexity index is 308. The average molecular weight is 211 g/mol. The van der Waals surface area contributed by atoms with Crippen molar-refractivity contribution in [3.63, 3.8) is 0 Å². The van der Waals surface area contributed by atoms with Crippen molar-refractivity contribution in [2.45, 2.75) is 32.4 Å². The lowest BCUT2D eigenvalue weighted by atomic mass is 9.93. The van der Waals surface area contributed by atoms with Crippen molar-refractivity contribution in [3.05, 3.63) is 21.9 Å². The van der Waals surface area contributed by atoms with Crippen LogP contribution < -0.4 is 5.73 Å². The second-order valence-corrected chi connectivity index (χ2v) is 5.16. The summed E-state index contributed by atoms with van der Waals surface area (Å²) in [5, 5.41) is 2.14. The van der Waals surface area contributed by atoms with Crippen molar-refractivity contribution in [3.8, 4) is 0 Å². The molecule has 2 nitrogen and oxygen atoms in total. The maximum atomic E-state index is 6.14. The van der Waals surface area contributed by atoms with E-state index in [1.54, 1.807) is 0 Å². The summed E-state index contributed by atoms with van der Waals surface area (Å²) < 4.78 is 5.77. The van der Waals surface area contributed by atoms with Crippen LogP contribution in [0.2, 0.25) is 0 Å².